The Morgan fingerprint density at radius 3 is 1.70 bits per heavy atom. The molecule has 0 fully saturated rings. The molecule has 1 N–H and O–H groups in total. The summed E-state index contributed by atoms with van der Waals surface area (Å²) in [5, 5.41) is 12.6. The summed E-state index contributed by atoms with van der Waals surface area (Å²) >= 11 is 0. The van der Waals surface area contributed by atoms with E-state index in [9.17, 15) is 5.11 Å². The Morgan fingerprint density at radius 1 is 0.600 bits per heavy atom. The number of aromatic hydroxyl groups is 1. The van der Waals surface area contributed by atoms with Crippen LogP contribution in [0.1, 0.15) is 0 Å². The highest BCUT2D eigenvalue weighted by Gasteiger charge is 2.12. The van der Waals surface area contributed by atoms with Gasteiger partial charge in [-0.05, 0) is 24.3 Å². The van der Waals surface area contributed by atoms with Crippen molar-refractivity contribution in [3.05, 3.63) is 72.8 Å². The van der Waals surface area contributed by atoms with Crippen molar-refractivity contribution in [3.8, 4) is 11.4 Å². The molecule has 4 rings (SSSR count). The quantitative estimate of drug-likeness (QED) is 0.535. The van der Waals surface area contributed by atoms with Gasteiger partial charge in [-0.2, -0.15) is 0 Å². The first kappa shape index (κ1) is 11.1. The van der Waals surface area contributed by atoms with Crippen LogP contribution in [0.3, 0.4) is 0 Å². The summed E-state index contributed by atoms with van der Waals surface area (Å²) in [4.78, 5) is 0. The third-order valence-corrected chi connectivity index (χ3v) is 3.70. The average Bonchev–Trinajstić information content (AvgIpc) is 2.83. The van der Waals surface area contributed by atoms with Gasteiger partial charge in [-0.25, -0.2) is 0 Å². The molecule has 1 heterocycles. The molecule has 0 aliphatic carbocycles. The van der Waals surface area contributed by atoms with Crippen molar-refractivity contribution in [1.29, 1.82) is 0 Å². The van der Waals surface area contributed by atoms with Gasteiger partial charge in [0, 0.05) is 10.8 Å². The summed E-state index contributed by atoms with van der Waals surface area (Å²) in [7, 11) is 0. The Kier molecular flexibility index (Phi) is 2.30. The number of phenolic OH excluding ortho intramolecular Hbond substituents is 1. The number of aromatic nitrogens is 1. The average molecular weight is 259 g/mol. The van der Waals surface area contributed by atoms with Gasteiger partial charge in [0.05, 0.1) is 16.7 Å². The first-order valence-corrected chi connectivity index (χ1v) is 6.63. The Morgan fingerprint density at radius 2 is 1.10 bits per heavy atom. The van der Waals surface area contributed by atoms with Crippen molar-refractivity contribution in [1.82, 2.24) is 4.57 Å². The molecule has 0 aliphatic rings. The highest BCUT2D eigenvalue weighted by molar-refractivity contribution is 6.09. The molecule has 4 aromatic rings. The maximum atomic E-state index is 10.2. The van der Waals surface area contributed by atoms with E-state index in [0.29, 0.717) is 5.75 Å². The second-order valence-corrected chi connectivity index (χ2v) is 4.86. The number of rotatable bonds is 1. The Hall–Kier alpha value is -2.74. The molecule has 3 aromatic carbocycles. The Balaban J connectivity index is 2.24. The minimum atomic E-state index is 0.291. The van der Waals surface area contributed by atoms with E-state index in [1.165, 1.54) is 10.8 Å². The minimum Gasteiger partial charge on any atom is -0.506 e. The molecule has 0 atom stereocenters. The van der Waals surface area contributed by atoms with Gasteiger partial charge in [-0.1, -0.05) is 48.5 Å². The summed E-state index contributed by atoms with van der Waals surface area (Å²) in [5.74, 6) is 0.291. The highest BCUT2D eigenvalue weighted by atomic mass is 16.3. The molecular weight excluding hydrogens is 246 g/mol. The fourth-order valence-electron chi connectivity index (χ4n) is 2.84. The number of benzene rings is 3. The maximum absolute atomic E-state index is 10.2. The minimum absolute atomic E-state index is 0.291. The van der Waals surface area contributed by atoms with Gasteiger partial charge in [0.25, 0.3) is 0 Å². The molecule has 96 valence electrons. The largest absolute Gasteiger partial charge is 0.506 e. The predicted molar refractivity (Wildman–Crippen MR) is 82.4 cm³/mol. The number of hydrogen-bond acceptors (Lipinski definition) is 1. The van der Waals surface area contributed by atoms with Crippen LogP contribution in [0, 0.1) is 0 Å². The zero-order valence-corrected chi connectivity index (χ0v) is 10.8. The van der Waals surface area contributed by atoms with E-state index in [1.54, 1.807) is 6.07 Å². The van der Waals surface area contributed by atoms with Crippen LogP contribution >= 0.6 is 0 Å². The lowest BCUT2D eigenvalue weighted by Crippen LogP contribution is -1.93. The molecule has 2 nitrogen and oxygen atoms in total. The van der Waals surface area contributed by atoms with E-state index in [1.807, 2.05) is 42.5 Å². The number of para-hydroxylation sites is 4. The first-order chi connectivity index (χ1) is 9.86. The second kappa shape index (κ2) is 4.14. The fourth-order valence-corrected chi connectivity index (χ4v) is 2.84. The molecule has 0 spiro atoms. The van der Waals surface area contributed by atoms with Gasteiger partial charge in [-0.15, -0.1) is 0 Å². The lowest BCUT2D eigenvalue weighted by molar-refractivity contribution is 0.473. The van der Waals surface area contributed by atoms with Crippen LogP contribution in [-0.2, 0) is 0 Å². The fraction of sp³-hybridized carbons (Fsp3) is 0. The number of hydrogen-bond donors (Lipinski definition) is 1. The standard InChI is InChI=1S/C18H13NO/c20-18-12-6-5-11-17(18)19-15-9-3-1-7-13(15)14-8-2-4-10-16(14)19/h1-12,20H. The normalized spacial score (nSPS) is 11.2. The molecule has 1 aromatic heterocycles. The highest BCUT2D eigenvalue weighted by Crippen LogP contribution is 2.34. The van der Waals surface area contributed by atoms with E-state index in [-0.39, 0.29) is 0 Å². The zero-order chi connectivity index (χ0) is 13.5. The smallest absolute Gasteiger partial charge is 0.139 e. The van der Waals surface area contributed by atoms with E-state index in [2.05, 4.69) is 28.8 Å². The zero-order valence-electron chi connectivity index (χ0n) is 10.8. The molecule has 0 unspecified atom stereocenters. The van der Waals surface area contributed by atoms with Crippen LogP contribution in [0.2, 0.25) is 0 Å². The van der Waals surface area contributed by atoms with Crippen LogP contribution in [-0.4, -0.2) is 9.67 Å². The number of nitrogens with zero attached hydrogens (tertiary/aromatic N) is 1. The molecule has 0 aliphatic heterocycles. The van der Waals surface area contributed by atoms with Crippen molar-refractivity contribution < 1.29 is 5.11 Å². The molecule has 2 heteroatoms. The van der Waals surface area contributed by atoms with Crippen LogP contribution < -0.4 is 0 Å². The second-order valence-electron chi connectivity index (χ2n) is 4.86. The summed E-state index contributed by atoms with van der Waals surface area (Å²) in [6.45, 7) is 0. The van der Waals surface area contributed by atoms with Gasteiger partial charge in [0.15, 0.2) is 0 Å². The topological polar surface area (TPSA) is 25.2 Å². The van der Waals surface area contributed by atoms with Gasteiger partial charge in [0.2, 0.25) is 0 Å². The lowest BCUT2D eigenvalue weighted by atomic mass is 10.2. The molecule has 0 amide bonds. The van der Waals surface area contributed by atoms with E-state index < -0.39 is 0 Å². The van der Waals surface area contributed by atoms with Gasteiger partial charge in [-0.3, -0.25) is 0 Å². The number of phenols is 1. The molecule has 0 radical (unpaired) electrons. The molecule has 0 saturated carbocycles. The van der Waals surface area contributed by atoms with Crippen LogP contribution in [0.15, 0.2) is 72.8 Å². The Labute approximate surface area is 116 Å². The van der Waals surface area contributed by atoms with Crippen LogP contribution in [0.4, 0.5) is 0 Å². The van der Waals surface area contributed by atoms with E-state index in [4.69, 9.17) is 0 Å². The van der Waals surface area contributed by atoms with Gasteiger partial charge < -0.3 is 9.67 Å². The van der Waals surface area contributed by atoms with Crippen molar-refractivity contribution in [2.24, 2.45) is 0 Å². The van der Waals surface area contributed by atoms with Crippen molar-refractivity contribution in [2.45, 2.75) is 0 Å². The summed E-state index contributed by atoms with van der Waals surface area (Å²) in [5.41, 5.74) is 3.02. The van der Waals surface area contributed by atoms with Crippen LogP contribution in [0.25, 0.3) is 27.5 Å². The predicted octanol–water partition coefficient (Wildman–Crippen LogP) is 4.49. The van der Waals surface area contributed by atoms with Crippen molar-refractivity contribution in [3.63, 3.8) is 0 Å². The summed E-state index contributed by atoms with van der Waals surface area (Å²) in [6.07, 6.45) is 0. The molecule has 20 heavy (non-hydrogen) atoms. The molecule has 0 bridgehead atoms. The maximum Gasteiger partial charge on any atom is 0.139 e. The summed E-state index contributed by atoms with van der Waals surface area (Å²) < 4.78 is 2.11. The van der Waals surface area contributed by atoms with E-state index >= 15 is 0 Å². The first-order valence-electron chi connectivity index (χ1n) is 6.63. The van der Waals surface area contributed by atoms with Crippen molar-refractivity contribution >= 4 is 21.8 Å². The molecular formula is C18H13NO. The van der Waals surface area contributed by atoms with Crippen LogP contribution in [0.5, 0.6) is 5.75 Å². The summed E-state index contributed by atoms with van der Waals surface area (Å²) in [6, 6.07) is 24.0. The van der Waals surface area contributed by atoms with Crippen molar-refractivity contribution in [2.75, 3.05) is 0 Å². The SMILES string of the molecule is Oc1ccccc1-n1c2ccccc2c2ccccc21. The van der Waals surface area contributed by atoms with Gasteiger partial charge >= 0.3 is 0 Å². The third-order valence-electron chi connectivity index (χ3n) is 3.70. The molecule has 0 saturated heterocycles. The Bertz CT molecular complexity index is 868. The third kappa shape index (κ3) is 1.45. The number of fused-ring (bicyclic) bond motifs is 3. The lowest BCUT2D eigenvalue weighted by Gasteiger charge is -2.09. The monoisotopic (exact) mass is 259 g/mol. The van der Waals surface area contributed by atoms with E-state index in [0.717, 1.165) is 16.7 Å². The van der Waals surface area contributed by atoms with Gasteiger partial charge in [0.1, 0.15) is 5.75 Å².